The highest BCUT2D eigenvalue weighted by atomic mass is 19.1. The van der Waals surface area contributed by atoms with Crippen LogP contribution in [0.1, 0.15) is 16.7 Å². The summed E-state index contributed by atoms with van der Waals surface area (Å²) in [6.07, 6.45) is 0.883. The van der Waals surface area contributed by atoms with Gasteiger partial charge in [0.05, 0.1) is 11.3 Å². The molecule has 94 valence electrons. The minimum atomic E-state index is -0.239. The molecule has 0 saturated heterocycles. The van der Waals surface area contributed by atoms with E-state index in [1.54, 1.807) is 6.07 Å². The molecule has 1 heterocycles. The molecule has 0 bridgehead atoms. The molecule has 3 heteroatoms. The van der Waals surface area contributed by atoms with Crippen LogP contribution in [0.3, 0.4) is 0 Å². The number of rotatable bonds is 1. The number of aryl methyl sites for hydroxylation is 1. The summed E-state index contributed by atoms with van der Waals surface area (Å²) in [4.78, 5) is 2.03. The van der Waals surface area contributed by atoms with E-state index in [9.17, 15) is 9.65 Å². The summed E-state index contributed by atoms with van der Waals surface area (Å²) in [6, 6.07) is 12.8. The zero-order chi connectivity index (χ0) is 13.4. The van der Waals surface area contributed by atoms with E-state index >= 15 is 0 Å². The normalized spacial score (nSPS) is 13.2. The van der Waals surface area contributed by atoms with Gasteiger partial charge in [-0.05, 0) is 48.7 Å². The third-order valence-corrected chi connectivity index (χ3v) is 3.51. The first-order chi connectivity index (χ1) is 9.19. The van der Waals surface area contributed by atoms with Crippen LogP contribution in [-0.2, 0) is 6.42 Å². The lowest BCUT2D eigenvalue weighted by Gasteiger charge is -2.21. The Labute approximate surface area is 111 Å². The summed E-state index contributed by atoms with van der Waals surface area (Å²) in [7, 11) is 0. The van der Waals surface area contributed by atoms with Crippen LogP contribution in [0.2, 0.25) is 0 Å². The van der Waals surface area contributed by atoms with E-state index in [0.717, 1.165) is 35.5 Å². The molecule has 0 radical (unpaired) electrons. The van der Waals surface area contributed by atoms with Crippen LogP contribution >= 0.6 is 0 Å². The number of anilines is 2. The fourth-order valence-electron chi connectivity index (χ4n) is 2.56. The Balaban J connectivity index is 2.14. The van der Waals surface area contributed by atoms with Gasteiger partial charge in [0.2, 0.25) is 0 Å². The standard InChI is InChI=1S/C16H13FN2/c1-11-2-3-13(10-18)15(8-11)19-7-6-12-4-5-14(17)9-16(12)19/h2-5,8-9H,6-7H2,1H3. The van der Waals surface area contributed by atoms with Crippen molar-refractivity contribution in [1.29, 1.82) is 5.26 Å². The lowest BCUT2D eigenvalue weighted by atomic mass is 10.1. The van der Waals surface area contributed by atoms with Crippen molar-refractivity contribution in [3.05, 3.63) is 58.9 Å². The lowest BCUT2D eigenvalue weighted by molar-refractivity contribution is 0.628. The largest absolute Gasteiger partial charge is 0.340 e. The van der Waals surface area contributed by atoms with Crippen LogP contribution in [-0.4, -0.2) is 6.54 Å². The van der Waals surface area contributed by atoms with Gasteiger partial charge in [0.15, 0.2) is 0 Å². The number of benzene rings is 2. The Morgan fingerprint density at radius 2 is 2.00 bits per heavy atom. The van der Waals surface area contributed by atoms with Crippen molar-refractivity contribution < 1.29 is 4.39 Å². The van der Waals surface area contributed by atoms with Crippen LogP contribution in [0.15, 0.2) is 36.4 Å². The highest BCUT2D eigenvalue weighted by Crippen LogP contribution is 2.36. The van der Waals surface area contributed by atoms with Gasteiger partial charge in [0.1, 0.15) is 11.9 Å². The molecule has 2 nitrogen and oxygen atoms in total. The van der Waals surface area contributed by atoms with Gasteiger partial charge in [-0.1, -0.05) is 12.1 Å². The van der Waals surface area contributed by atoms with Crippen molar-refractivity contribution in [1.82, 2.24) is 0 Å². The fraction of sp³-hybridized carbons (Fsp3) is 0.188. The SMILES string of the molecule is Cc1ccc(C#N)c(N2CCc3ccc(F)cc32)c1. The average molecular weight is 252 g/mol. The summed E-state index contributed by atoms with van der Waals surface area (Å²) in [5, 5.41) is 9.22. The molecule has 0 aromatic heterocycles. The minimum Gasteiger partial charge on any atom is -0.340 e. The van der Waals surface area contributed by atoms with Crippen molar-refractivity contribution >= 4 is 11.4 Å². The minimum absolute atomic E-state index is 0.239. The summed E-state index contributed by atoms with van der Waals surface area (Å²) in [5.74, 6) is -0.239. The third-order valence-electron chi connectivity index (χ3n) is 3.51. The quantitative estimate of drug-likeness (QED) is 0.773. The first-order valence-corrected chi connectivity index (χ1v) is 6.26. The predicted molar refractivity (Wildman–Crippen MR) is 73.0 cm³/mol. The number of hydrogen-bond acceptors (Lipinski definition) is 2. The highest BCUT2D eigenvalue weighted by molar-refractivity contribution is 5.74. The fourth-order valence-corrected chi connectivity index (χ4v) is 2.56. The highest BCUT2D eigenvalue weighted by Gasteiger charge is 2.22. The first-order valence-electron chi connectivity index (χ1n) is 6.26. The first kappa shape index (κ1) is 11.7. The monoisotopic (exact) mass is 252 g/mol. The lowest BCUT2D eigenvalue weighted by Crippen LogP contribution is -2.15. The molecular formula is C16H13FN2. The van der Waals surface area contributed by atoms with Crippen LogP contribution in [0.5, 0.6) is 0 Å². The molecule has 0 amide bonds. The van der Waals surface area contributed by atoms with Gasteiger partial charge in [-0.15, -0.1) is 0 Å². The van der Waals surface area contributed by atoms with Gasteiger partial charge in [0, 0.05) is 12.2 Å². The number of nitrogens with zero attached hydrogens (tertiary/aromatic N) is 2. The zero-order valence-electron chi connectivity index (χ0n) is 10.7. The van der Waals surface area contributed by atoms with Gasteiger partial charge in [-0.25, -0.2) is 4.39 Å². The number of halogens is 1. The third kappa shape index (κ3) is 1.96. The summed E-state index contributed by atoms with van der Waals surface area (Å²) >= 11 is 0. The second-order valence-corrected chi connectivity index (χ2v) is 4.81. The molecule has 0 saturated carbocycles. The van der Waals surface area contributed by atoms with Gasteiger partial charge in [0.25, 0.3) is 0 Å². The Morgan fingerprint density at radius 1 is 1.16 bits per heavy atom. The molecule has 2 aromatic rings. The average Bonchev–Trinajstić information content (AvgIpc) is 2.81. The topological polar surface area (TPSA) is 27.0 Å². The maximum atomic E-state index is 13.4. The molecule has 0 spiro atoms. The maximum Gasteiger partial charge on any atom is 0.125 e. The van der Waals surface area contributed by atoms with Crippen molar-refractivity contribution in [2.24, 2.45) is 0 Å². The molecule has 19 heavy (non-hydrogen) atoms. The van der Waals surface area contributed by atoms with E-state index in [1.807, 2.05) is 36.1 Å². The Bertz CT molecular complexity index is 686. The van der Waals surface area contributed by atoms with Crippen molar-refractivity contribution in [3.63, 3.8) is 0 Å². The van der Waals surface area contributed by atoms with Gasteiger partial charge >= 0.3 is 0 Å². The maximum absolute atomic E-state index is 13.4. The molecular weight excluding hydrogens is 239 g/mol. The second-order valence-electron chi connectivity index (χ2n) is 4.81. The van der Waals surface area contributed by atoms with E-state index in [0.29, 0.717) is 5.56 Å². The second kappa shape index (κ2) is 4.40. The van der Waals surface area contributed by atoms with Crippen LogP contribution in [0.4, 0.5) is 15.8 Å². The van der Waals surface area contributed by atoms with Gasteiger partial charge in [-0.2, -0.15) is 5.26 Å². The van der Waals surface area contributed by atoms with E-state index < -0.39 is 0 Å². The van der Waals surface area contributed by atoms with Gasteiger partial charge in [-0.3, -0.25) is 0 Å². The van der Waals surface area contributed by atoms with Crippen LogP contribution in [0.25, 0.3) is 0 Å². The molecule has 0 N–H and O–H groups in total. The van der Waals surface area contributed by atoms with E-state index in [-0.39, 0.29) is 5.82 Å². The van der Waals surface area contributed by atoms with Crippen LogP contribution < -0.4 is 4.90 Å². The van der Waals surface area contributed by atoms with Crippen molar-refractivity contribution in [3.8, 4) is 6.07 Å². The van der Waals surface area contributed by atoms with Crippen LogP contribution in [0, 0.1) is 24.1 Å². The van der Waals surface area contributed by atoms with Gasteiger partial charge < -0.3 is 4.90 Å². The molecule has 1 aliphatic rings. The van der Waals surface area contributed by atoms with E-state index in [4.69, 9.17) is 0 Å². The van der Waals surface area contributed by atoms with Crippen molar-refractivity contribution in [2.75, 3.05) is 11.4 Å². The molecule has 0 aliphatic carbocycles. The molecule has 3 rings (SSSR count). The molecule has 2 aromatic carbocycles. The Morgan fingerprint density at radius 3 is 2.79 bits per heavy atom. The number of hydrogen-bond donors (Lipinski definition) is 0. The summed E-state index contributed by atoms with van der Waals surface area (Å²) < 4.78 is 13.4. The summed E-state index contributed by atoms with van der Waals surface area (Å²) in [6.45, 7) is 2.78. The Hall–Kier alpha value is -2.34. The molecule has 0 fully saturated rings. The summed E-state index contributed by atoms with van der Waals surface area (Å²) in [5.41, 5.74) is 4.60. The molecule has 0 atom stereocenters. The predicted octanol–water partition coefficient (Wildman–Crippen LogP) is 3.70. The zero-order valence-corrected chi connectivity index (χ0v) is 10.7. The van der Waals surface area contributed by atoms with E-state index in [2.05, 4.69) is 6.07 Å². The molecule has 1 aliphatic heterocycles. The van der Waals surface area contributed by atoms with Crippen molar-refractivity contribution in [2.45, 2.75) is 13.3 Å². The van der Waals surface area contributed by atoms with E-state index in [1.165, 1.54) is 6.07 Å². The molecule has 0 unspecified atom stereocenters. The number of fused-ring (bicyclic) bond motifs is 1. The smallest absolute Gasteiger partial charge is 0.125 e. The number of nitriles is 1. The Kier molecular flexibility index (Phi) is 2.72.